The Labute approximate surface area is 209 Å². The van der Waals surface area contributed by atoms with Crippen LogP contribution in [0.3, 0.4) is 0 Å². The topological polar surface area (TPSA) is 131 Å². The van der Waals surface area contributed by atoms with Gasteiger partial charge in [-0.15, -0.1) is 0 Å². The molecule has 0 aromatic heterocycles. The van der Waals surface area contributed by atoms with E-state index in [4.69, 9.17) is 55.0 Å². The highest BCUT2D eigenvalue weighted by molar-refractivity contribution is 6.61. The summed E-state index contributed by atoms with van der Waals surface area (Å²) < 4.78 is 56.6. The van der Waals surface area contributed by atoms with E-state index in [1.165, 1.54) is 0 Å². The Hall–Kier alpha value is 0.171. The molecule has 15 heteroatoms. The first-order valence-corrected chi connectivity index (χ1v) is 17.1. The van der Waals surface area contributed by atoms with Crippen LogP contribution in [0.5, 0.6) is 0 Å². The molecule has 1 unspecified atom stereocenters. The summed E-state index contributed by atoms with van der Waals surface area (Å²) in [6, 6.07) is 1.56. The summed E-state index contributed by atoms with van der Waals surface area (Å²) in [4.78, 5) is 0. The van der Waals surface area contributed by atoms with Gasteiger partial charge >= 0.3 is 26.4 Å². The van der Waals surface area contributed by atoms with Gasteiger partial charge in [0.2, 0.25) is 0 Å². The van der Waals surface area contributed by atoms with E-state index in [-0.39, 0.29) is 0 Å². The monoisotopic (exact) mass is 551 g/mol. The molecule has 1 aliphatic rings. The molecule has 1 atom stereocenters. The molecule has 208 valence electrons. The van der Waals surface area contributed by atoms with E-state index < -0.39 is 26.4 Å². The van der Waals surface area contributed by atoms with Gasteiger partial charge in [0, 0.05) is 89.2 Å². The van der Waals surface area contributed by atoms with Crippen molar-refractivity contribution >= 4 is 26.4 Å². The Kier molecular flexibility index (Phi) is 22.7. The fourth-order valence-corrected chi connectivity index (χ4v) is 6.39. The molecule has 0 radical (unpaired) electrons. The average molecular weight is 552 g/mol. The smallest absolute Gasteiger partial charge is 0.379 e. The molecule has 12 nitrogen and oxygen atoms in total. The van der Waals surface area contributed by atoms with Gasteiger partial charge in [-0.25, -0.2) is 0 Å². The lowest BCUT2D eigenvalue weighted by molar-refractivity contribution is 0.100. The summed E-state index contributed by atoms with van der Waals surface area (Å²) in [5.74, 6) is 0. The van der Waals surface area contributed by atoms with Gasteiger partial charge in [0.1, 0.15) is 6.10 Å². The second-order valence-corrected chi connectivity index (χ2v) is 16.2. The number of hydrogen-bond acceptors (Lipinski definition) is 12. The number of rotatable bonds is 18. The first-order chi connectivity index (χ1) is 16.2. The summed E-state index contributed by atoms with van der Waals surface area (Å²) in [6.07, 6.45) is 2.09. The van der Waals surface area contributed by atoms with E-state index in [1.807, 2.05) is 6.55 Å². The van der Waals surface area contributed by atoms with Gasteiger partial charge in [0.15, 0.2) is 0 Å². The third-order valence-corrected chi connectivity index (χ3v) is 13.0. The summed E-state index contributed by atoms with van der Waals surface area (Å²) in [6.45, 7) is 4.71. The van der Waals surface area contributed by atoms with Crippen molar-refractivity contribution in [3.8, 4) is 0 Å². The van der Waals surface area contributed by atoms with Gasteiger partial charge < -0.3 is 55.0 Å². The predicted octanol–water partition coefficient (Wildman–Crippen LogP) is 1.38. The molecular formula is C19H49NO11Si3. The minimum atomic E-state index is -2.39. The van der Waals surface area contributed by atoms with Crippen molar-refractivity contribution in [2.24, 2.45) is 5.73 Å². The Morgan fingerprint density at radius 3 is 1.32 bits per heavy atom. The largest absolute Gasteiger partial charge is 0.500 e. The maximum Gasteiger partial charge on any atom is 0.500 e. The Balaban J connectivity index is 0. The zero-order valence-electron chi connectivity index (χ0n) is 22.8. The standard InChI is InChI=1S/C9H20O5Si.C6H17NO3Si.C4H12O3Si/c1-10-15(11-2,12-3)6-4-5-13-7-9-8-14-9;1-8-11(9-2,10-3)6-4-5-7;1-5-8(4,6-2)7-3/h9H,4-8H2,1-3H3;4-7H2,1-3H3;1-4H3. The number of hydrogen-bond donors (Lipinski definition) is 1. The van der Waals surface area contributed by atoms with E-state index in [9.17, 15) is 0 Å². The third-order valence-electron chi connectivity index (χ3n) is 5.14. The van der Waals surface area contributed by atoms with Gasteiger partial charge in [-0.2, -0.15) is 0 Å². The molecule has 0 spiro atoms. The molecule has 0 bridgehead atoms. The minimum absolute atomic E-state index is 0.333. The number of ether oxygens (including phenoxy) is 2. The summed E-state index contributed by atoms with van der Waals surface area (Å²) in [7, 11) is 7.56. The highest BCUT2D eigenvalue weighted by Crippen LogP contribution is 2.16. The zero-order chi connectivity index (χ0) is 26.5. The lowest BCUT2D eigenvalue weighted by Crippen LogP contribution is -2.42. The molecule has 0 aromatic rings. The van der Waals surface area contributed by atoms with Crippen molar-refractivity contribution in [2.45, 2.75) is 37.6 Å². The van der Waals surface area contributed by atoms with E-state index >= 15 is 0 Å². The van der Waals surface area contributed by atoms with Crippen LogP contribution in [0.25, 0.3) is 0 Å². The fraction of sp³-hybridized carbons (Fsp3) is 1.00. The molecule has 1 saturated heterocycles. The SMILES string of the molecule is CO[Si](C)(OC)OC.CO[Si](CCCN)(OC)OC.CO[Si](CCCOCC1CO1)(OC)OC. The molecule has 0 saturated carbocycles. The number of epoxide rings is 1. The van der Waals surface area contributed by atoms with Crippen LogP contribution in [0.1, 0.15) is 12.8 Å². The van der Waals surface area contributed by atoms with Gasteiger partial charge in [0.05, 0.1) is 13.2 Å². The molecule has 1 rings (SSSR count). The summed E-state index contributed by atoms with van der Waals surface area (Å²) in [5.41, 5.74) is 5.36. The van der Waals surface area contributed by atoms with Gasteiger partial charge in [-0.3, -0.25) is 0 Å². The van der Waals surface area contributed by atoms with Crippen LogP contribution in [0.4, 0.5) is 0 Å². The first-order valence-electron chi connectivity index (χ1n) is 11.0. The van der Waals surface area contributed by atoms with E-state index in [2.05, 4.69) is 0 Å². The molecule has 0 aliphatic carbocycles. The van der Waals surface area contributed by atoms with E-state index in [1.54, 1.807) is 64.0 Å². The highest BCUT2D eigenvalue weighted by Gasteiger charge is 2.37. The fourth-order valence-electron chi connectivity index (χ4n) is 2.45. The Bertz CT molecular complexity index is 428. The van der Waals surface area contributed by atoms with Crippen molar-refractivity contribution in [2.75, 3.05) is 90.4 Å². The summed E-state index contributed by atoms with van der Waals surface area (Å²) >= 11 is 0. The maximum atomic E-state index is 5.42. The third kappa shape index (κ3) is 16.0. The molecule has 1 aliphatic heterocycles. The molecule has 0 amide bonds. The lowest BCUT2D eigenvalue weighted by atomic mass is 10.5. The van der Waals surface area contributed by atoms with Crippen LogP contribution in [-0.2, 0) is 49.3 Å². The van der Waals surface area contributed by atoms with Crippen molar-refractivity contribution in [3.05, 3.63) is 0 Å². The summed E-state index contributed by atoms with van der Waals surface area (Å²) in [5, 5.41) is 0. The molecule has 34 heavy (non-hydrogen) atoms. The molecule has 2 N–H and O–H groups in total. The second-order valence-electron chi connectivity index (χ2n) is 7.09. The molecule has 0 aromatic carbocycles. The van der Waals surface area contributed by atoms with Crippen molar-refractivity contribution in [1.82, 2.24) is 0 Å². The lowest BCUT2D eigenvalue weighted by Gasteiger charge is -2.24. The molecular weight excluding hydrogens is 502 g/mol. The van der Waals surface area contributed by atoms with Crippen LogP contribution < -0.4 is 5.73 Å². The van der Waals surface area contributed by atoms with Crippen molar-refractivity contribution in [1.29, 1.82) is 0 Å². The van der Waals surface area contributed by atoms with Gasteiger partial charge in [-0.1, -0.05) is 0 Å². The predicted molar refractivity (Wildman–Crippen MR) is 135 cm³/mol. The molecule has 1 heterocycles. The van der Waals surface area contributed by atoms with Crippen LogP contribution in [0.15, 0.2) is 0 Å². The van der Waals surface area contributed by atoms with Gasteiger partial charge in [0.25, 0.3) is 0 Å². The first kappa shape index (κ1) is 36.3. The van der Waals surface area contributed by atoms with Crippen molar-refractivity contribution in [3.63, 3.8) is 0 Å². The van der Waals surface area contributed by atoms with Crippen molar-refractivity contribution < 1.29 is 49.3 Å². The Morgan fingerprint density at radius 1 is 0.676 bits per heavy atom. The maximum absolute atomic E-state index is 5.42. The van der Waals surface area contributed by atoms with Crippen LogP contribution in [-0.4, -0.2) is 123 Å². The highest BCUT2D eigenvalue weighted by atomic mass is 28.4. The minimum Gasteiger partial charge on any atom is -0.379 e. The van der Waals surface area contributed by atoms with Crippen LogP contribution in [0.2, 0.25) is 18.6 Å². The average Bonchev–Trinajstić information content (AvgIpc) is 3.72. The quantitative estimate of drug-likeness (QED) is 0.150. The van der Waals surface area contributed by atoms with E-state index in [0.29, 0.717) is 25.9 Å². The normalized spacial score (nSPS) is 15.8. The number of nitrogens with two attached hydrogens (primary N) is 1. The zero-order valence-corrected chi connectivity index (χ0v) is 25.8. The molecule has 1 fully saturated rings. The van der Waals surface area contributed by atoms with Gasteiger partial charge in [-0.05, 0) is 19.4 Å². The van der Waals surface area contributed by atoms with E-state index in [0.717, 1.165) is 31.5 Å². The van der Waals surface area contributed by atoms with Crippen LogP contribution >= 0.6 is 0 Å². The van der Waals surface area contributed by atoms with Crippen LogP contribution in [0, 0.1) is 0 Å². The Morgan fingerprint density at radius 2 is 1.06 bits per heavy atom. The second kappa shape index (κ2) is 21.3.